The molecule has 0 aliphatic carbocycles. The second kappa shape index (κ2) is 15.7. The van der Waals surface area contributed by atoms with E-state index in [1.54, 1.807) is 0 Å². The van der Waals surface area contributed by atoms with Gasteiger partial charge in [-0.1, -0.05) is 64.2 Å². The van der Waals surface area contributed by atoms with Crippen LogP contribution in [0.5, 0.6) is 0 Å². The van der Waals surface area contributed by atoms with E-state index in [1.165, 1.54) is 12.8 Å². The first-order valence-electron chi connectivity index (χ1n) is 8.11. The molecule has 23 heavy (non-hydrogen) atoms. The van der Waals surface area contributed by atoms with Crippen LogP contribution in [-0.4, -0.2) is 37.4 Å². The van der Waals surface area contributed by atoms with Crippen LogP contribution in [0, 0.1) is 0 Å². The topological polar surface area (TPSA) is 109 Å². The van der Waals surface area contributed by atoms with Crippen molar-refractivity contribution in [2.45, 2.75) is 77.0 Å². The van der Waals surface area contributed by atoms with Crippen molar-refractivity contribution >= 4 is 20.2 Å². The van der Waals surface area contributed by atoms with Crippen molar-refractivity contribution in [3.05, 3.63) is 0 Å². The zero-order chi connectivity index (χ0) is 16.9. The summed E-state index contributed by atoms with van der Waals surface area (Å²) in [6.07, 6.45) is 11.6. The van der Waals surface area contributed by atoms with Crippen LogP contribution < -0.4 is 51.4 Å². The summed E-state index contributed by atoms with van der Waals surface area (Å²) in [5.41, 5.74) is 0. The normalized spacial score (nSPS) is 12.1. The second-order valence-electron chi connectivity index (χ2n) is 5.81. The van der Waals surface area contributed by atoms with Gasteiger partial charge >= 0.3 is 51.4 Å². The van der Waals surface area contributed by atoms with Crippen LogP contribution in [0.25, 0.3) is 0 Å². The Morgan fingerprint density at radius 2 is 0.652 bits per heavy atom. The minimum Gasteiger partial charge on any atom is -1.00 e. The summed E-state index contributed by atoms with van der Waals surface area (Å²) in [6.45, 7) is 0. The van der Waals surface area contributed by atoms with Gasteiger partial charge in [-0.25, -0.2) is 0 Å². The summed E-state index contributed by atoms with van der Waals surface area (Å²) in [5.74, 6) is -0.269. The molecule has 136 valence electrons. The third-order valence-electron chi connectivity index (χ3n) is 3.55. The Kier molecular flexibility index (Phi) is 18.2. The average Bonchev–Trinajstić information content (AvgIpc) is 2.36. The third kappa shape index (κ3) is 25.8. The monoisotopic (exact) mass is 398 g/mol. The minimum absolute atomic E-state index is 0. The fourth-order valence-electron chi connectivity index (χ4n) is 2.34. The van der Waals surface area contributed by atoms with Crippen molar-refractivity contribution < 1.29 is 78.8 Å². The largest absolute Gasteiger partial charge is 1.00 e. The smallest absolute Gasteiger partial charge is 1.00 e. The van der Waals surface area contributed by atoms with Crippen LogP contribution >= 0.6 is 0 Å². The van der Waals surface area contributed by atoms with Gasteiger partial charge in [0.1, 0.15) is 0 Å². The van der Waals surface area contributed by atoms with Crippen molar-refractivity contribution in [2.24, 2.45) is 0 Å². The van der Waals surface area contributed by atoms with Crippen molar-refractivity contribution in [3.8, 4) is 0 Å². The molecule has 0 amide bonds. The molecule has 0 saturated heterocycles. The maximum atomic E-state index is 10.5. The van der Waals surface area contributed by atoms with Crippen molar-refractivity contribution in [3.63, 3.8) is 0 Å². The van der Waals surface area contributed by atoms with Gasteiger partial charge in [-0.15, -0.1) is 0 Å². The molecule has 0 heterocycles. The summed E-state index contributed by atoms with van der Waals surface area (Å²) < 4.78 is 59.1. The van der Waals surface area contributed by atoms with E-state index < -0.39 is 20.2 Å². The molecule has 0 aliphatic rings. The number of hydrogen-bond acceptors (Lipinski definition) is 4. The fraction of sp³-hybridized carbons (Fsp3) is 1.00. The van der Waals surface area contributed by atoms with Gasteiger partial charge in [0.25, 0.3) is 20.2 Å². The zero-order valence-corrected chi connectivity index (χ0v) is 19.0. The second-order valence-corrected chi connectivity index (χ2v) is 8.96. The molecular weight excluding hydrogens is 367 g/mol. The van der Waals surface area contributed by atoms with Crippen LogP contribution in [0.15, 0.2) is 0 Å². The summed E-state index contributed by atoms with van der Waals surface area (Å²) >= 11 is 0. The third-order valence-corrected chi connectivity index (χ3v) is 5.16. The minimum atomic E-state index is -3.79. The van der Waals surface area contributed by atoms with Crippen LogP contribution in [0.4, 0.5) is 0 Å². The molecule has 9 heteroatoms. The molecule has 0 spiro atoms. The molecule has 0 bridgehead atoms. The van der Waals surface area contributed by atoms with E-state index in [0.717, 1.165) is 51.4 Å². The number of unbranched alkanes of at least 4 members (excludes halogenated alkanes) is 11. The molecule has 0 atom stereocenters. The standard InChI is InChI=1S/C14H30O6S2.K.H/c15-21(16,17)13-11-9-7-5-3-1-2-4-6-8-10-12-14-22(18,19)20;;/h1-14H2,(H,15,16,17)(H,18,19,20);;/q;+1;-1. The Labute approximate surface area is 185 Å². The molecular formula is C14H31KO6S2. The van der Waals surface area contributed by atoms with Crippen LogP contribution in [-0.2, 0) is 20.2 Å². The molecule has 0 radical (unpaired) electrons. The summed E-state index contributed by atoms with van der Waals surface area (Å²) in [4.78, 5) is 0. The molecule has 0 aromatic carbocycles. The Balaban J connectivity index is -0.00000220. The van der Waals surface area contributed by atoms with Gasteiger partial charge in [0.05, 0.1) is 11.5 Å². The quantitative estimate of drug-likeness (QED) is 0.237. The van der Waals surface area contributed by atoms with E-state index in [2.05, 4.69) is 0 Å². The zero-order valence-electron chi connectivity index (χ0n) is 15.2. The van der Waals surface area contributed by atoms with Gasteiger partial charge < -0.3 is 1.43 Å². The summed E-state index contributed by atoms with van der Waals surface area (Å²) in [7, 11) is -7.59. The van der Waals surface area contributed by atoms with Gasteiger partial charge in [-0.3, -0.25) is 9.11 Å². The molecule has 0 aromatic rings. The van der Waals surface area contributed by atoms with E-state index in [-0.39, 0.29) is 64.3 Å². The first-order valence-corrected chi connectivity index (χ1v) is 11.3. The number of hydrogen-bond donors (Lipinski definition) is 2. The van der Waals surface area contributed by atoms with Gasteiger partial charge in [-0.05, 0) is 12.8 Å². The van der Waals surface area contributed by atoms with Gasteiger partial charge in [0.2, 0.25) is 0 Å². The van der Waals surface area contributed by atoms with E-state index >= 15 is 0 Å². The number of rotatable bonds is 15. The van der Waals surface area contributed by atoms with Crippen molar-refractivity contribution in [1.82, 2.24) is 0 Å². The fourth-order valence-corrected chi connectivity index (χ4v) is 3.47. The van der Waals surface area contributed by atoms with Crippen molar-refractivity contribution in [1.29, 1.82) is 0 Å². The molecule has 0 aliphatic heterocycles. The van der Waals surface area contributed by atoms with Crippen LogP contribution in [0.2, 0.25) is 0 Å². The van der Waals surface area contributed by atoms with Gasteiger partial charge in [-0.2, -0.15) is 16.8 Å². The Bertz CT molecular complexity index is 424. The molecule has 0 fully saturated rings. The summed E-state index contributed by atoms with van der Waals surface area (Å²) in [6, 6.07) is 0. The Morgan fingerprint density at radius 1 is 0.478 bits per heavy atom. The van der Waals surface area contributed by atoms with Crippen LogP contribution in [0.1, 0.15) is 78.5 Å². The van der Waals surface area contributed by atoms with Gasteiger partial charge in [0, 0.05) is 0 Å². The van der Waals surface area contributed by atoms with Crippen molar-refractivity contribution in [2.75, 3.05) is 11.5 Å². The molecule has 0 saturated carbocycles. The van der Waals surface area contributed by atoms with Gasteiger partial charge in [0.15, 0.2) is 0 Å². The van der Waals surface area contributed by atoms with E-state index in [0.29, 0.717) is 12.8 Å². The SMILES string of the molecule is O=S(=O)(O)CCCCCCCCCCCCCCS(=O)(=O)O.[H-].[K+]. The Morgan fingerprint density at radius 3 is 0.826 bits per heavy atom. The van der Waals surface area contributed by atoms with E-state index in [4.69, 9.17) is 9.11 Å². The van der Waals surface area contributed by atoms with E-state index in [1.807, 2.05) is 0 Å². The first kappa shape index (κ1) is 26.7. The molecule has 0 unspecified atom stereocenters. The maximum absolute atomic E-state index is 10.5. The van der Waals surface area contributed by atoms with E-state index in [9.17, 15) is 16.8 Å². The predicted molar refractivity (Wildman–Crippen MR) is 89.3 cm³/mol. The first-order chi connectivity index (χ1) is 10.2. The Hall–Kier alpha value is 1.46. The maximum Gasteiger partial charge on any atom is 1.00 e. The average molecular weight is 399 g/mol. The van der Waals surface area contributed by atoms with Crippen LogP contribution in [0.3, 0.4) is 0 Å². The molecule has 2 N–H and O–H groups in total. The molecule has 6 nitrogen and oxygen atoms in total. The predicted octanol–water partition coefficient (Wildman–Crippen LogP) is 0.560. The summed E-state index contributed by atoms with van der Waals surface area (Å²) in [5, 5.41) is 0. The molecule has 0 aromatic heterocycles. The molecule has 0 rings (SSSR count).